The molecule has 1 aliphatic rings. The first-order valence-corrected chi connectivity index (χ1v) is 12.0. The Morgan fingerprint density at radius 3 is 2.18 bits per heavy atom. The van der Waals surface area contributed by atoms with Gasteiger partial charge in [-0.25, -0.2) is 8.42 Å². The molecule has 28 heavy (non-hydrogen) atoms. The third kappa shape index (κ3) is 5.02. The molecule has 1 aliphatic heterocycles. The number of carbonyl (C=O) groups is 1. The molecule has 0 bridgehead atoms. The normalized spacial score (nSPS) is 15.6. The average molecular weight is 459 g/mol. The zero-order chi connectivity index (χ0) is 20.1. The van der Waals surface area contributed by atoms with E-state index in [-0.39, 0.29) is 28.9 Å². The van der Waals surface area contributed by atoms with Gasteiger partial charge in [0.2, 0.25) is 15.9 Å². The topological polar surface area (TPSA) is 57.7 Å². The number of carbonyl (C=O) groups excluding carboxylic acids is 1. The number of hydrogen-bond acceptors (Lipinski definition) is 4. The van der Waals surface area contributed by atoms with Gasteiger partial charge in [-0.15, -0.1) is 11.8 Å². The van der Waals surface area contributed by atoms with Gasteiger partial charge in [0.25, 0.3) is 0 Å². The molecule has 5 nitrogen and oxygen atoms in total. The first kappa shape index (κ1) is 21.5. The summed E-state index contributed by atoms with van der Waals surface area (Å²) >= 11 is 13.7. The second kappa shape index (κ2) is 9.50. The number of piperazine rings is 1. The van der Waals surface area contributed by atoms with E-state index in [0.29, 0.717) is 30.3 Å². The Labute approximate surface area is 179 Å². The first-order valence-electron chi connectivity index (χ1n) is 8.79. The molecule has 0 N–H and O–H groups in total. The Bertz CT molecular complexity index is 946. The van der Waals surface area contributed by atoms with Crippen molar-refractivity contribution in [3.8, 4) is 0 Å². The lowest BCUT2D eigenvalue weighted by molar-refractivity contribution is -0.131. The monoisotopic (exact) mass is 458 g/mol. The molecule has 1 amide bonds. The minimum atomic E-state index is -3.65. The fourth-order valence-electron chi connectivity index (χ4n) is 2.94. The predicted molar refractivity (Wildman–Crippen MR) is 114 cm³/mol. The lowest BCUT2D eigenvalue weighted by atomic mass is 10.3. The fraction of sp³-hybridized carbons (Fsp3) is 0.316. The summed E-state index contributed by atoms with van der Waals surface area (Å²) in [6.07, 6.45) is 0.382. The van der Waals surface area contributed by atoms with Crippen LogP contribution in [0.15, 0.2) is 58.3 Å². The van der Waals surface area contributed by atoms with Gasteiger partial charge < -0.3 is 4.90 Å². The second-order valence-corrected chi connectivity index (χ2v) is 10.1. The van der Waals surface area contributed by atoms with Gasteiger partial charge in [0.15, 0.2) is 0 Å². The summed E-state index contributed by atoms with van der Waals surface area (Å²) < 4.78 is 26.9. The molecule has 1 heterocycles. The zero-order valence-electron chi connectivity index (χ0n) is 15.1. The van der Waals surface area contributed by atoms with Crippen LogP contribution in [-0.2, 0) is 14.8 Å². The molecule has 150 valence electrons. The smallest absolute Gasteiger partial charge is 0.244 e. The van der Waals surface area contributed by atoms with Gasteiger partial charge in [0.05, 0.1) is 10.0 Å². The van der Waals surface area contributed by atoms with Gasteiger partial charge in [0, 0.05) is 43.2 Å². The number of rotatable bonds is 6. The van der Waals surface area contributed by atoms with E-state index in [1.54, 1.807) is 34.9 Å². The predicted octanol–water partition coefficient (Wildman–Crippen LogP) is 4.01. The van der Waals surface area contributed by atoms with Crippen molar-refractivity contribution < 1.29 is 13.2 Å². The molecular formula is C19H20Cl2N2O3S2. The molecule has 1 saturated heterocycles. The SMILES string of the molecule is O=C(CCSc1ccccc1Cl)N1CCN(S(=O)(=O)c2ccccc2Cl)CC1. The average Bonchev–Trinajstić information content (AvgIpc) is 2.69. The van der Waals surface area contributed by atoms with Crippen LogP contribution < -0.4 is 0 Å². The van der Waals surface area contributed by atoms with E-state index < -0.39 is 10.0 Å². The highest BCUT2D eigenvalue weighted by molar-refractivity contribution is 7.99. The maximum Gasteiger partial charge on any atom is 0.244 e. The summed E-state index contributed by atoms with van der Waals surface area (Å²) in [4.78, 5) is 15.2. The Morgan fingerprint density at radius 1 is 0.929 bits per heavy atom. The third-order valence-corrected chi connectivity index (χ3v) is 8.37. The van der Waals surface area contributed by atoms with E-state index in [9.17, 15) is 13.2 Å². The number of hydrogen-bond donors (Lipinski definition) is 0. The molecule has 0 saturated carbocycles. The summed E-state index contributed by atoms with van der Waals surface area (Å²) in [5.74, 6) is 0.648. The molecule has 1 fully saturated rings. The standard InChI is InChI=1S/C19H20Cl2N2O3S2/c20-15-5-1-3-7-17(15)27-14-9-19(24)22-10-12-23(13-11-22)28(25,26)18-8-4-2-6-16(18)21/h1-8H,9-14H2. The van der Waals surface area contributed by atoms with Crippen molar-refractivity contribution in [1.29, 1.82) is 0 Å². The van der Waals surface area contributed by atoms with Crippen molar-refractivity contribution in [2.75, 3.05) is 31.9 Å². The summed E-state index contributed by atoms with van der Waals surface area (Å²) in [5, 5.41) is 0.885. The zero-order valence-corrected chi connectivity index (χ0v) is 18.2. The molecule has 3 rings (SSSR count). The molecule has 0 aliphatic carbocycles. The van der Waals surface area contributed by atoms with E-state index in [2.05, 4.69) is 0 Å². The summed E-state index contributed by atoms with van der Waals surface area (Å²) in [6, 6.07) is 13.9. The minimum Gasteiger partial charge on any atom is -0.340 e. The van der Waals surface area contributed by atoms with E-state index in [1.807, 2.05) is 24.3 Å². The highest BCUT2D eigenvalue weighted by Gasteiger charge is 2.31. The summed E-state index contributed by atoms with van der Waals surface area (Å²) in [7, 11) is -3.65. The minimum absolute atomic E-state index is 0.0225. The maximum atomic E-state index is 12.8. The number of benzene rings is 2. The highest BCUT2D eigenvalue weighted by Crippen LogP contribution is 2.28. The number of thioether (sulfide) groups is 1. The van der Waals surface area contributed by atoms with Crippen molar-refractivity contribution in [2.45, 2.75) is 16.2 Å². The molecule has 0 aromatic heterocycles. The maximum absolute atomic E-state index is 12.8. The van der Waals surface area contributed by atoms with Crippen LogP contribution in [0.25, 0.3) is 0 Å². The number of amides is 1. The van der Waals surface area contributed by atoms with Crippen LogP contribution in [0.1, 0.15) is 6.42 Å². The molecule has 0 radical (unpaired) electrons. The van der Waals surface area contributed by atoms with E-state index >= 15 is 0 Å². The van der Waals surface area contributed by atoms with E-state index in [0.717, 1.165) is 4.90 Å². The van der Waals surface area contributed by atoms with Gasteiger partial charge in [-0.3, -0.25) is 4.79 Å². The number of nitrogens with zero attached hydrogens (tertiary/aromatic N) is 2. The molecule has 2 aromatic carbocycles. The van der Waals surface area contributed by atoms with Gasteiger partial charge in [-0.1, -0.05) is 47.5 Å². The molecule has 0 atom stereocenters. The van der Waals surface area contributed by atoms with E-state index in [1.165, 1.54) is 10.4 Å². The van der Waals surface area contributed by atoms with Crippen molar-refractivity contribution in [3.63, 3.8) is 0 Å². The Hall–Kier alpha value is -1.25. The Kier molecular flexibility index (Phi) is 7.28. The molecule has 9 heteroatoms. The highest BCUT2D eigenvalue weighted by atomic mass is 35.5. The fourth-order valence-corrected chi connectivity index (χ4v) is 6.03. The molecule has 0 spiro atoms. The van der Waals surface area contributed by atoms with Gasteiger partial charge in [-0.2, -0.15) is 4.31 Å². The lowest BCUT2D eigenvalue weighted by Gasteiger charge is -2.34. The van der Waals surface area contributed by atoms with Gasteiger partial charge in [0.1, 0.15) is 4.90 Å². The van der Waals surface area contributed by atoms with Gasteiger partial charge >= 0.3 is 0 Å². The van der Waals surface area contributed by atoms with Crippen molar-refractivity contribution in [1.82, 2.24) is 9.21 Å². The number of halogens is 2. The lowest BCUT2D eigenvalue weighted by Crippen LogP contribution is -2.50. The third-order valence-electron chi connectivity index (χ3n) is 4.46. The van der Waals surface area contributed by atoms with Crippen molar-refractivity contribution in [2.24, 2.45) is 0 Å². The van der Waals surface area contributed by atoms with Crippen LogP contribution in [-0.4, -0.2) is 55.5 Å². The molecule has 0 unspecified atom stereocenters. The van der Waals surface area contributed by atoms with Crippen molar-refractivity contribution in [3.05, 3.63) is 58.6 Å². The van der Waals surface area contributed by atoms with Crippen LogP contribution in [0.5, 0.6) is 0 Å². The van der Waals surface area contributed by atoms with Gasteiger partial charge in [-0.05, 0) is 24.3 Å². The molecule has 2 aromatic rings. The van der Waals surface area contributed by atoms with Crippen LogP contribution in [0.4, 0.5) is 0 Å². The summed E-state index contributed by atoms with van der Waals surface area (Å²) in [5.41, 5.74) is 0. The second-order valence-electron chi connectivity index (χ2n) is 6.24. The van der Waals surface area contributed by atoms with Crippen molar-refractivity contribution >= 4 is 50.9 Å². The van der Waals surface area contributed by atoms with Crippen LogP contribution in [0, 0.1) is 0 Å². The quantitative estimate of drug-likeness (QED) is 0.613. The Morgan fingerprint density at radius 2 is 1.54 bits per heavy atom. The largest absolute Gasteiger partial charge is 0.340 e. The van der Waals surface area contributed by atoms with Crippen LogP contribution >= 0.6 is 35.0 Å². The van der Waals surface area contributed by atoms with Crippen LogP contribution in [0.2, 0.25) is 10.0 Å². The van der Waals surface area contributed by atoms with Crippen LogP contribution in [0.3, 0.4) is 0 Å². The first-order chi connectivity index (χ1) is 13.4. The number of sulfonamides is 1. The Balaban J connectivity index is 1.51. The van der Waals surface area contributed by atoms with E-state index in [4.69, 9.17) is 23.2 Å². The molecular weight excluding hydrogens is 439 g/mol. The summed E-state index contributed by atoms with van der Waals surface area (Å²) in [6.45, 7) is 1.27.